The van der Waals surface area contributed by atoms with Gasteiger partial charge in [-0.3, -0.25) is 9.10 Å². The van der Waals surface area contributed by atoms with Crippen LogP contribution in [0.25, 0.3) is 0 Å². The lowest BCUT2D eigenvalue weighted by Gasteiger charge is -2.22. The Bertz CT molecular complexity index is 1360. The Balaban J connectivity index is 1.30. The summed E-state index contributed by atoms with van der Waals surface area (Å²) in [4.78, 5) is 13.4. The van der Waals surface area contributed by atoms with E-state index in [1.165, 1.54) is 22.5 Å². The van der Waals surface area contributed by atoms with E-state index < -0.39 is 10.0 Å². The summed E-state index contributed by atoms with van der Waals surface area (Å²) in [6, 6.07) is 25.7. The number of hydrogen-bond donors (Lipinski definition) is 2. The van der Waals surface area contributed by atoms with Crippen molar-refractivity contribution in [1.82, 2.24) is 10.6 Å². The highest BCUT2D eigenvalue weighted by Crippen LogP contribution is 2.47. The smallest absolute Gasteiger partial charge is 0.251 e. The number of carbonyl (C=O) groups excluding carboxylic acids is 1. The molecule has 1 heterocycles. The molecule has 1 saturated carbocycles. The number of hydrogen-bond acceptors (Lipinski definition) is 5. The zero-order chi connectivity index (χ0) is 26.7. The van der Waals surface area contributed by atoms with Gasteiger partial charge in [0.1, 0.15) is 5.75 Å². The first-order valence-corrected chi connectivity index (χ1v) is 15.0. The molecule has 2 aliphatic rings. The van der Waals surface area contributed by atoms with Crippen LogP contribution in [0.5, 0.6) is 5.75 Å². The van der Waals surface area contributed by atoms with Gasteiger partial charge in [0, 0.05) is 36.7 Å². The average molecular weight is 534 g/mol. The summed E-state index contributed by atoms with van der Waals surface area (Å²) in [6.07, 6.45) is 3.85. The maximum Gasteiger partial charge on any atom is 0.251 e. The maximum atomic E-state index is 13.4. The highest BCUT2D eigenvalue weighted by atomic mass is 32.2. The van der Waals surface area contributed by atoms with E-state index in [-0.39, 0.29) is 18.0 Å². The van der Waals surface area contributed by atoms with Gasteiger partial charge in [0.2, 0.25) is 10.0 Å². The molecule has 0 bridgehead atoms. The normalized spacial score (nSPS) is 22.6. The maximum absolute atomic E-state index is 13.4. The molecule has 3 aromatic rings. The lowest BCUT2D eigenvalue weighted by Crippen LogP contribution is -2.44. The second-order valence-corrected chi connectivity index (χ2v) is 12.4. The highest BCUT2D eigenvalue weighted by molar-refractivity contribution is 7.92. The third-order valence-corrected chi connectivity index (χ3v) is 8.80. The van der Waals surface area contributed by atoms with E-state index in [0.717, 1.165) is 32.1 Å². The lowest BCUT2D eigenvalue weighted by molar-refractivity contribution is 0.0933. The van der Waals surface area contributed by atoms with Gasteiger partial charge >= 0.3 is 0 Å². The Morgan fingerprint density at radius 3 is 2.47 bits per heavy atom. The summed E-state index contributed by atoms with van der Waals surface area (Å²) in [7, 11) is -2.02. The Morgan fingerprint density at radius 2 is 1.76 bits per heavy atom. The molecule has 3 aromatic carbocycles. The van der Waals surface area contributed by atoms with Gasteiger partial charge in [0.25, 0.3) is 5.91 Å². The van der Waals surface area contributed by atoms with Crippen LogP contribution < -0.4 is 19.7 Å². The van der Waals surface area contributed by atoms with Gasteiger partial charge in [-0.15, -0.1) is 0 Å². The van der Waals surface area contributed by atoms with Crippen molar-refractivity contribution in [1.29, 1.82) is 0 Å². The van der Waals surface area contributed by atoms with E-state index in [1.807, 2.05) is 36.4 Å². The van der Waals surface area contributed by atoms with Crippen LogP contribution >= 0.6 is 0 Å². The van der Waals surface area contributed by atoms with Gasteiger partial charge in [-0.2, -0.15) is 0 Å². The van der Waals surface area contributed by atoms with Crippen LogP contribution in [0, 0.1) is 5.92 Å². The zero-order valence-corrected chi connectivity index (χ0v) is 22.7. The van der Waals surface area contributed by atoms with Gasteiger partial charge in [-0.05, 0) is 55.0 Å². The van der Waals surface area contributed by atoms with E-state index in [2.05, 4.69) is 34.9 Å². The van der Waals surface area contributed by atoms with Crippen molar-refractivity contribution in [3.8, 4) is 5.75 Å². The molecular weight excluding hydrogens is 498 g/mol. The van der Waals surface area contributed by atoms with Crippen molar-refractivity contribution in [2.45, 2.75) is 37.3 Å². The molecule has 4 atom stereocenters. The molecule has 5 rings (SSSR count). The molecule has 1 saturated heterocycles. The summed E-state index contributed by atoms with van der Waals surface area (Å²) >= 11 is 0. The van der Waals surface area contributed by atoms with Gasteiger partial charge in [-0.1, -0.05) is 60.7 Å². The van der Waals surface area contributed by atoms with Crippen molar-refractivity contribution >= 4 is 21.6 Å². The van der Waals surface area contributed by atoms with Crippen molar-refractivity contribution in [2.75, 3.05) is 30.8 Å². The van der Waals surface area contributed by atoms with Crippen LogP contribution in [0.1, 0.15) is 40.2 Å². The van der Waals surface area contributed by atoms with E-state index in [0.29, 0.717) is 35.4 Å². The van der Waals surface area contributed by atoms with Crippen LogP contribution in [-0.4, -0.2) is 52.9 Å². The number of benzene rings is 3. The zero-order valence-electron chi connectivity index (χ0n) is 21.8. The molecular formula is C30H35N3O4S. The Morgan fingerprint density at radius 1 is 1.05 bits per heavy atom. The fourth-order valence-electron chi connectivity index (χ4n) is 5.19. The lowest BCUT2D eigenvalue weighted by atomic mass is 10.0. The van der Waals surface area contributed by atoms with Gasteiger partial charge in [0.05, 0.1) is 18.6 Å². The summed E-state index contributed by atoms with van der Waals surface area (Å²) in [5.41, 5.74) is 3.30. The van der Waals surface area contributed by atoms with E-state index >= 15 is 0 Å². The predicted molar refractivity (Wildman–Crippen MR) is 150 cm³/mol. The summed E-state index contributed by atoms with van der Waals surface area (Å²) < 4.78 is 31.9. The largest absolute Gasteiger partial charge is 0.493 e. The minimum atomic E-state index is -3.51. The first-order chi connectivity index (χ1) is 18.3. The molecule has 7 nitrogen and oxygen atoms in total. The summed E-state index contributed by atoms with van der Waals surface area (Å²) in [5.74, 6) is 1.12. The molecule has 200 valence electrons. The molecule has 4 unspecified atom stereocenters. The van der Waals surface area contributed by atoms with E-state index in [4.69, 9.17) is 4.74 Å². The third-order valence-electron chi connectivity index (χ3n) is 7.59. The van der Waals surface area contributed by atoms with Crippen LogP contribution in [0.3, 0.4) is 0 Å². The van der Waals surface area contributed by atoms with Gasteiger partial charge < -0.3 is 15.4 Å². The molecule has 1 aliphatic heterocycles. The van der Waals surface area contributed by atoms with Gasteiger partial charge in [0.15, 0.2) is 0 Å². The second-order valence-electron chi connectivity index (χ2n) is 10.4. The fourth-order valence-corrected chi connectivity index (χ4v) is 5.68. The number of sulfonamides is 1. The average Bonchev–Trinajstić information content (AvgIpc) is 3.58. The van der Waals surface area contributed by atoms with Crippen molar-refractivity contribution < 1.29 is 17.9 Å². The van der Waals surface area contributed by atoms with Crippen molar-refractivity contribution in [3.05, 3.63) is 95.6 Å². The number of rotatable bonds is 10. The quantitative estimate of drug-likeness (QED) is 0.412. The topological polar surface area (TPSA) is 87.7 Å². The minimum Gasteiger partial charge on any atom is -0.493 e. The molecule has 0 radical (unpaired) electrons. The summed E-state index contributed by atoms with van der Waals surface area (Å²) in [5, 5.41) is 6.68. The molecule has 0 spiro atoms. The molecule has 8 heteroatoms. The molecule has 1 amide bonds. The Hall–Kier alpha value is -3.36. The van der Waals surface area contributed by atoms with Crippen molar-refractivity contribution in [3.63, 3.8) is 0 Å². The number of nitrogens with zero attached hydrogens (tertiary/aromatic N) is 1. The van der Waals surface area contributed by atoms with E-state index in [1.54, 1.807) is 18.2 Å². The van der Waals surface area contributed by atoms with Gasteiger partial charge in [-0.25, -0.2) is 8.42 Å². The molecule has 2 N–H and O–H groups in total. The van der Waals surface area contributed by atoms with Crippen LogP contribution in [0.15, 0.2) is 78.9 Å². The van der Waals surface area contributed by atoms with E-state index in [9.17, 15) is 13.2 Å². The Labute approximate surface area is 225 Å². The Kier molecular flexibility index (Phi) is 7.72. The highest BCUT2D eigenvalue weighted by Gasteiger charge is 2.38. The minimum absolute atomic E-state index is 0.0264. The van der Waals surface area contributed by atoms with Crippen LogP contribution in [0.4, 0.5) is 5.69 Å². The SMILES string of the molecule is CN(c1cc(OCC2CC2c2ccccc2)cc(C(=O)NC2CCNC2Cc2ccccc2)c1)S(C)(=O)=O. The monoisotopic (exact) mass is 533 g/mol. The number of amides is 1. The molecule has 2 fully saturated rings. The molecule has 1 aliphatic carbocycles. The number of ether oxygens (including phenoxy) is 1. The fraction of sp³-hybridized carbons (Fsp3) is 0.367. The summed E-state index contributed by atoms with van der Waals surface area (Å²) in [6.45, 7) is 1.34. The molecule has 0 aromatic heterocycles. The predicted octanol–water partition coefficient (Wildman–Crippen LogP) is 3.97. The first kappa shape index (κ1) is 26.3. The third kappa shape index (κ3) is 6.37. The van der Waals surface area contributed by atoms with Crippen molar-refractivity contribution in [2.24, 2.45) is 5.92 Å². The molecule has 38 heavy (non-hydrogen) atoms. The standard InChI is InChI=1S/C30H35N3O4S/c1-33(38(2,35)36)25-16-23(17-26(19-25)37-20-24-18-27(24)22-11-7-4-8-12-22)30(34)32-28-13-14-31-29(28)15-21-9-5-3-6-10-21/h3-12,16-17,19,24,27-29,31H,13-15,18,20H2,1-2H3,(H,32,34). The number of anilines is 1. The van der Waals surface area contributed by atoms with Crippen LogP contribution in [0.2, 0.25) is 0 Å². The first-order valence-electron chi connectivity index (χ1n) is 13.1. The number of nitrogens with one attached hydrogen (secondary N) is 2. The second kappa shape index (κ2) is 11.2. The number of carbonyl (C=O) groups is 1. The van der Waals surface area contributed by atoms with Crippen LogP contribution in [-0.2, 0) is 16.4 Å².